The van der Waals surface area contributed by atoms with E-state index >= 15 is 0 Å². The van der Waals surface area contributed by atoms with E-state index in [4.69, 9.17) is 0 Å². The largest absolute Gasteiger partial charge is 0.383 e. The Morgan fingerprint density at radius 2 is 1.53 bits per heavy atom. The van der Waals surface area contributed by atoms with Crippen molar-refractivity contribution in [3.63, 3.8) is 0 Å². The van der Waals surface area contributed by atoms with E-state index in [0.717, 1.165) is 30.4 Å². The Morgan fingerprint density at radius 1 is 0.912 bits per heavy atom. The van der Waals surface area contributed by atoms with Gasteiger partial charge < -0.3 is 10.6 Å². The lowest BCUT2D eigenvalue weighted by Gasteiger charge is -2.22. The number of aryl methyl sites for hydroxylation is 2. The Labute approximate surface area is 202 Å². The predicted octanol–water partition coefficient (Wildman–Crippen LogP) is 5.92. The van der Waals surface area contributed by atoms with Gasteiger partial charge in [-0.2, -0.15) is 5.26 Å². The Kier molecular flexibility index (Phi) is 7.78. The zero-order chi connectivity index (χ0) is 23.8. The van der Waals surface area contributed by atoms with Gasteiger partial charge in [0, 0.05) is 6.20 Å². The molecule has 0 radical (unpaired) electrons. The summed E-state index contributed by atoms with van der Waals surface area (Å²) in [6.45, 7) is 2.11. The maximum atomic E-state index is 13.1. The molecule has 4 rings (SSSR count). The van der Waals surface area contributed by atoms with Crippen molar-refractivity contribution in [2.75, 3.05) is 0 Å². The van der Waals surface area contributed by atoms with E-state index in [-0.39, 0.29) is 17.7 Å². The molecule has 3 aromatic carbocycles. The van der Waals surface area contributed by atoms with E-state index in [1.54, 1.807) is 6.20 Å². The fraction of sp³-hybridized carbons (Fsp3) is 0.267. The average molecular weight is 450 g/mol. The zero-order valence-corrected chi connectivity index (χ0v) is 19.6. The van der Waals surface area contributed by atoms with E-state index in [9.17, 15) is 10.1 Å². The second-order valence-electron chi connectivity index (χ2n) is 8.76. The van der Waals surface area contributed by atoms with Crippen LogP contribution in [0.2, 0.25) is 0 Å². The van der Waals surface area contributed by atoms with Gasteiger partial charge in [0.05, 0.1) is 12.1 Å². The van der Waals surface area contributed by atoms with Gasteiger partial charge in [0.1, 0.15) is 11.6 Å². The molecule has 1 amide bonds. The fourth-order valence-corrected chi connectivity index (χ4v) is 4.61. The SMILES string of the molecule is CCC(N/C=C(/C#N)C(=O)NC(c1ccccc1)c1ccccc1)c1ccc2c(c1)CCCC2. The molecule has 0 fully saturated rings. The highest BCUT2D eigenvalue weighted by Crippen LogP contribution is 2.26. The van der Waals surface area contributed by atoms with Crippen molar-refractivity contribution in [3.8, 4) is 6.07 Å². The molecule has 2 N–H and O–H groups in total. The number of rotatable bonds is 8. The lowest BCUT2D eigenvalue weighted by Crippen LogP contribution is -2.31. The van der Waals surface area contributed by atoms with Crippen molar-refractivity contribution in [3.05, 3.63) is 118 Å². The third-order valence-corrected chi connectivity index (χ3v) is 6.52. The summed E-state index contributed by atoms with van der Waals surface area (Å²) in [5, 5.41) is 16.1. The molecule has 0 aromatic heterocycles. The number of carbonyl (C=O) groups excluding carboxylic acids is 1. The lowest BCUT2D eigenvalue weighted by atomic mass is 9.89. The highest BCUT2D eigenvalue weighted by molar-refractivity contribution is 5.97. The molecule has 4 nitrogen and oxygen atoms in total. The van der Waals surface area contributed by atoms with Crippen molar-refractivity contribution < 1.29 is 4.79 Å². The van der Waals surface area contributed by atoms with Gasteiger partial charge in [-0.25, -0.2) is 0 Å². The van der Waals surface area contributed by atoms with Crippen molar-refractivity contribution in [2.45, 2.75) is 51.1 Å². The smallest absolute Gasteiger partial charge is 0.264 e. The van der Waals surface area contributed by atoms with Crippen LogP contribution in [0.1, 0.15) is 66.1 Å². The molecule has 1 aliphatic rings. The Morgan fingerprint density at radius 3 is 2.12 bits per heavy atom. The Bertz CT molecular complexity index is 1140. The molecule has 3 aromatic rings. The molecule has 1 atom stereocenters. The molecule has 172 valence electrons. The van der Waals surface area contributed by atoms with Gasteiger partial charge in [-0.05, 0) is 59.9 Å². The summed E-state index contributed by atoms with van der Waals surface area (Å²) in [6, 6.07) is 28.1. The molecular weight excluding hydrogens is 418 g/mol. The Balaban J connectivity index is 1.52. The van der Waals surface area contributed by atoms with Crippen LogP contribution in [0.3, 0.4) is 0 Å². The van der Waals surface area contributed by atoms with Crippen LogP contribution in [0, 0.1) is 11.3 Å². The first-order valence-corrected chi connectivity index (χ1v) is 12.1. The van der Waals surface area contributed by atoms with Gasteiger partial charge in [0.2, 0.25) is 0 Å². The van der Waals surface area contributed by atoms with Crippen molar-refractivity contribution >= 4 is 5.91 Å². The molecule has 0 spiro atoms. The second-order valence-corrected chi connectivity index (χ2v) is 8.76. The standard InChI is InChI=1S/C30H31N3O/c1-2-28(26-18-17-22-11-9-10-16-25(22)19-26)32-21-27(20-31)30(34)33-29(23-12-5-3-6-13-23)24-14-7-4-8-15-24/h3-8,12-15,17-19,21,28-29,32H,2,9-11,16H2,1H3,(H,33,34)/b27-21-. The van der Waals surface area contributed by atoms with Crippen LogP contribution in [0.15, 0.2) is 90.6 Å². The summed E-state index contributed by atoms with van der Waals surface area (Å²) in [4.78, 5) is 13.1. The van der Waals surface area contributed by atoms with Crippen LogP contribution in [0.5, 0.6) is 0 Å². The van der Waals surface area contributed by atoms with E-state index < -0.39 is 5.91 Å². The predicted molar refractivity (Wildman–Crippen MR) is 136 cm³/mol. The van der Waals surface area contributed by atoms with Gasteiger partial charge in [-0.1, -0.05) is 85.8 Å². The number of fused-ring (bicyclic) bond motifs is 1. The molecule has 0 saturated carbocycles. The highest BCUT2D eigenvalue weighted by atomic mass is 16.1. The topological polar surface area (TPSA) is 64.9 Å². The van der Waals surface area contributed by atoms with Crippen molar-refractivity contribution in [1.29, 1.82) is 5.26 Å². The number of hydrogen-bond donors (Lipinski definition) is 2. The summed E-state index contributed by atoms with van der Waals surface area (Å²) in [7, 11) is 0. The molecule has 0 aliphatic heterocycles. The van der Waals surface area contributed by atoms with Gasteiger partial charge in [0.15, 0.2) is 0 Å². The number of hydrogen-bond acceptors (Lipinski definition) is 3. The lowest BCUT2D eigenvalue weighted by molar-refractivity contribution is -0.117. The van der Waals surface area contributed by atoms with Gasteiger partial charge in [-0.3, -0.25) is 4.79 Å². The number of carbonyl (C=O) groups is 1. The van der Waals surface area contributed by atoms with E-state index in [1.165, 1.54) is 29.5 Å². The summed E-state index contributed by atoms with van der Waals surface area (Å²) in [5.41, 5.74) is 6.07. The number of amides is 1. The molecule has 0 bridgehead atoms. The molecule has 1 unspecified atom stereocenters. The minimum atomic E-state index is -0.395. The quantitative estimate of drug-likeness (QED) is 0.331. The molecule has 4 heteroatoms. The number of benzene rings is 3. The van der Waals surface area contributed by atoms with Crippen LogP contribution in [-0.2, 0) is 17.6 Å². The summed E-state index contributed by atoms with van der Waals surface area (Å²) in [5.74, 6) is -0.395. The van der Waals surface area contributed by atoms with E-state index in [2.05, 4.69) is 41.8 Å². The van der Waals surface area contributed by atoms with Gasteiger partial charge >= 0.3 is 0 Å². The summed E-state index contributed by atoms with van der Waals surface area (Å²) >= 11 is 0. The molecule has 1 aliphatic carbocycles. The van der Waals surface area contributed by atoms with Gasteiger partial charge in [0.25, 0.3) is 5.91 Å². The minimum absolute atomic E-state index is 0.0439. The molecule has 0 heterocycles. The van der Waals surface area contributed by atoms with Crippen LogP contribution in [-0.4, -0.2) is 5.91 Å². The molecular formula is C30H31N3O. The summed E-state index contributed by atoms with van der Waals surface area (Å²) < 4.78 is 0. The molecule has 34 heavy (non-hydrogen) atoms. The van der Waals surface area contributed by atoms with Crippen molar-refractivity contribution in [1.82, 2.24) is 10.6 Å². The maximum absolute atomic E-state index is 13.1. The third kappa shape index (κ3) is 5.55. The number of nitriles is 1. The maximum Gasteiger partial charge on any atom is 0.264 e. The minimum Gasteiger partial charge on any atom is -0.383 e. The summed E-state index contributed by atoms with van der Waals surface area (Å²) in [6.07, 6.45) is 7.20. The second kappa shape index (κ2) is 11.3. The Hall–Kier alpha value is -3.84. The van der Waals surface area contributed by atoms with Crippen molar-refractivity contribution in [2.24, 2.45) is 0 Å². The first kappa shape index (κ1) is 23.3. The highest BCUT2D eigenvalue weighted by Gasteiger charge is 2.20. The van der Waals surface area contributed by atoms with Crippen LogP contribution < -0.4 is 10.6 Å². The van der Waals surface area contributed by atoms with Crippen LogP contribution in [0.4, 0.5) is 0 Å². The number of nitrogens with one attached hydrogen (secondary N) is 2. The van der Waals surface area contributed by atoms with Crippen LogP contribution in [0.25, 0.3) is 0 Å². The first-order valence-electron chi connectivity index (χ1n) is 12.1. The fourth-order valence-electron chi connectivity index (χ4n) is 4.61. The van der Waals surface area contributed by atoms with E-state index in [1.807, 2.05) is 60.7 Å². The van der Waals surface area contributed by atoms with Gasteiger partial charge in [-0.15, -0.1) is 0 Å². The zero-order valence-electron chi connectivity index (χ0n) is 19.6. The average Bonchev–Trinajstić information content (AvgIpc) is 2.90. The normalized spacial score (nSPS) is 14.1. The first-order chi connectivity index (χ1) is 16.7. The third-order valence-electron chi connectivity index (χ3n) is 6.52. The van der Waals surface area contributed by atoms with Crippen LogP contribution >= 0.6 is 0 Å². The monoisotopic (exact) mass is 449 g/mol. The molecule has 0 saturated heterocycles. The number of nitrogens with zero attached hydrogens (tertiary/aromatic N) is 1. The van der Waals surface area contributed by atoms with E-state index in [0.29, 0.717) is 0 Å².